The molecule has 4 aromatic rings. The molecule has 3 N–H and O–H groups in total. The van der Waals surface area contributed by atoms with Gasteiger partial charge in [0.25, 0.3) is 5.91 Å². The van der Waals surface area contributed by atoms with Crippen molar-refractivity contribution in [2.75, 3.05) is 18.2 Å². The quantitative estimate of drug-likeness (QED) is 0.400. The largest absolute Gasteiger partial charge is 0.497 e. The smallest absolute Gasteiger partial charge is 0.267 e. The van der Waals surface area contributed by atoms with E-state index in [4.69, 9.17) is 22.1 Å². The van der Waals surface area contributed by atoms with E-state index in [-0.39, 0.29) is 11.7 Å². The number of nitrogens with one attached hydrogen (secondary N) is 1. The molecule has 2 heterocycles. The van der Waals surface area contributed by atoms with Crippen LogP contribution in [0.5, 0.6) is 5.75 Å². The maximum absolute atomic E-state index is 13.0. The number of hydrogen-bond acceptors (Lipinski definition) is 6. The lowest BCUT2D eigenvalue weighted by Crippen LogP contribution is -2.11. The summed E-state index contributed by atoms with van der Waals surface area (Å²) in [6, 6.07) is 15.4. The number of ether oxygens (including phenoxy) is 1. The molecule has 0 aliphatic carbocycles. The molecule has 8 heteroatoms. The molecule has 0 saturated heterocycles. The number of anilines is 2. The zero-order chi connectivity index (χ0) is 22.1. The summed E-state index contributed by atoms with van der Waals surface area (Å²) in [5.74, 6) is 0.149. The van der Waals surface area contributed by atoms with Gasteiger partial charge in [0.1, 0.15) is 15.5 Å². The summed E-state index contributed by atoms with van der Waals surface area (Å²) >= 11 is 7.07. The third kappa shape index (κ3) is 4.10. The third-order valence-electron chi connectivity index (χ3n) is 4.82. The first kappa shape index (κ1) is 20.8. The van der Waals surface area contributed by atoms with Crippen LogP contribution in [-0.2, 0) is 0 Å². The lowest BCUT2D eigenvalue weighted by atomic mass is 10.0. The first-order valence-electron chi connectivity index (χ1n) is 9.32. The minimum absolute atomic E-state index is 0.174. The molecule has 4 rings (SSSR count). The average molecular weight is 452 g/mol. The molecule has 6 nitrogen and oxygen atoms in total. The standard InChI is InChI=1S/C23H18ClN3O3S/c1-12-17(20(28)13-3-9-16(30-2)10-4-13)11-18-19(25)21(31-23(18)26-12)22(29)27-15-7-5-14(24)6-8-15/h3-11H,25H2,1-2H3,(H,27,29). The number of nitrogens with two attached hydrogens (primary N) is 1. The number of carbonyl (C=O) groups is 2. The molecular weight excluding hydrogens is 434 g/mol. The second kappa shape index (κ2) is 8.37. The second-order valence-electron chi connectivity index (χ2n) is 6.84. The average Bonchev–Trinajstić information content (AvgIpc) is 3.09. The normalized spacial score (nSPS) is 10.8. The molecule has 1 amide bonds. The molecule has 0 aliphatic rings. The van der Waals surface area contributed by atoms with Crippen molar-refractivity contribution in [3.63, 3.8) is 0 Å². The molecule has 0 aliphatic heterocycles. The Kier molecular flexibility index (Phi) is 5.63. The summed E-state index contributed by atoms with van der Waals surface area (Å²) in [6.45, 7) is 1.76. The Bertz CT molecular complexity index is 1300. The number of aromatic nitrogens is 1. The fourth-order valence-corrected chi connectivity index (χ4v) is 4.29. The van der Waals surface area contributed by atoms with Crippen molar-refractivity contribution < 1.29 is 14.3 Å². The van der Waals surface area contributed by atoms with E-state index in [2.05, 4.69) is 10.3 Å². The minimum atomic E-state index is -0.344. The number of amides is 1. The number of methoxy groups -OCH3 is 1. The number of ketones is 1. The van der Waals surface area contributed by atoms with Crippen molar-refractivity contribution >= 4 is 56.2 Å². The maximum Gasteiger partial charge on any atom is 0.267 e. The first-order chi connectivity index (χ1) is 14.9. The number of halogens is 1. The Hall–Kier alpha value is -3.42. The Morgan fingerprint density at radius 3 is 2.42 bits per heavy atom. The molecule has 2 aromatic carbocycles. The highest BCUT2D eigenvalue weighted by Crippen LogP contribution is 2.35. The molecule has 0 spiro atoms. The zero-order valence-electron chi connectivity index (χ0n) is 16.7. The van der Waals surface area contributed by atoms with E-state index in [0.717, 1.165) is 0 Å². The molecule has 0 bridgehead atoms. The molecule has 0 fully saturated rings. The SMILES string of the molecule is COc1ccc(C(=O)c2cc3c(N)c(C(=O)Nc4ccc(Cl)cc4)sc3nc2C)cc1. The van der Waals surface area contributed by atoms with E-state index in [1.807, 2.05) is 0 Å². The van der Waals surface area contributed by atoms with Crippen LogP contribution >= 0.6 is 22.9 Å². The lowest BCUT2D eigenvalue weighted by molar-refractivity contribution is 0.102. The number of rotatable bonds is 5. The predicted octanol–water partition coefficient (Wildman–Crippen LogP) is 5.33. The summed E-state index contributed by atoms with van der Waals surface area (Å²) in [7, 11) is 1.57. The number of carbonyl (C=O) groups excluding carboxylic acids is 2. The number of fused-ring (bicyclic) bond motifs is 1. The van der Waals surface area contributed by atoms with Gasteiger partial charge >= 0.3 is 0 Å². The minimum Gasteiger partial charge on any atom is -0.497 e. The Balaban J connectivity index is 1.68. The summed E-state index contributed by atoms with van der Waals surface area (Å²) < 4.78 is 5.14. The van der Waals surface area contributed by atoms with Gasteiger partial charge in [-0.15, -0.1) is 11.3 Å². The van der Waals surface area contributed by atoms with Crippen molar-refractivity contribution in [3.8, 4) is 5.75 Å². The molecule has 31 heavy (non-hydrogen) atoms. The monoisotopic (exact) mass is 451 g/mol. The molecule has 2 aromatic heterocycles. The van der Waals surface area contributed by atoms with Crippen molar-refractivity contribution in [1.29, 1.82) is 0 Å². The summed E-state index contributed by atoms with van der Waals surface area (Å²) in [6.07, 6.45) is 0. The topological polar surface area (TPSA) is 94.3 Å². The van der Waals surface area contributed by atoms with E-state index in [0.29, 0.717) is 54.1 Å². The van der Waals surface area contributed by atoms with Gasteiger partial charge in [0.2, 0.25) is 0 Å². The van der Waals surface area contributed by atoms with Gasteiger partial charge in [0.05, 0.1) is 18.5 Å². The molecule has 0 atom stereocenters. The van der Waals surface area contributed by atoms with Crippen LogP contribution in [-0.4, -0.2) is 23.8 Å². The van der Waals surface area contributed by atoms with Gasteiger partial charge in [-0.05, 0) is 61.5 Å². The van der Waals surface area contributed by atoms with Crippen LogP contribution in [0.4, 0.5) is 11.4 Å². The number of nitrogen functional groups attached to an aromatic ring is 1. The Morgan fingerprint density at radius 2 is 1.77 bits per heavy atom. The molecular formula is C23H18ClN3O3S. The highest BCUT2D eigenvalue weighted by atomic mass is 35.5. The van der Waals surface area contributed by atoms with E-state index in [9.17, 15) is 9.59 Å². The third-order valence-corrected chi connectivity index (χ3v) is 6.18. The number of hydrogen-bond donors (Lipinski definition) is 2. The van der Waals surface area contributed by atoms with Crippen LogP contribution < -0.4 is 15.8 Å². The Labute approximate surface area is 187 Å². The van der Waals surface area contributed by atoms with Crippen LogP contribution in [0.1, 0.15) is 31.3 Å². The summed E-state index contributed by atoms with van der Waals surface area (Å²) in [5.41, 5.74) is 8.69. The van der Waals surface area contributed by atoms with Gasteiger partial charge in [0, 0.05) is 27.2 Å². The van der Waals surface area contributed by atoms with Gasteiger partial charge in [0.15, 0.2) is 5.78 Å². The van der Waals surface area contributed by atoms with E-state index < -0.39 is 0 Å². The fourth-order valence-electron chi connectivity index (χ4n) is 3.15. The number of thiophene rings is 1. The van der Waals surface area contributed by atoms with Crippen molar-refractivity contribution in [1.82, 2.24) is 4.98 Å². The number of benzene rings is 2. The second-order valence-corrected chi connectivity index (χ2v) is 8.27. The van der Waals surface area contributed by atoms with Crippen molar-refractivity contribution in [2.45, 2.75) is 6.92 Å². The zero-order valence-corrected chi connectivity index (χ0v) is 18.3. The van der Waals surface area contributed by atoms with Crippen LogP contribution in [0, 0.1) is 6.92 Å². The fraction of sp³-hybridized carbons (Fsp3) is 0.0870. The first-order valence-corrected chi connectivity index (χ1v) is 10.5. The number of nitrogens with zero attached hydrogens (tertiary/aromatic N) is 1. The van der Waals surface area contributed by atoms with Crippen LogP contribution in [0.25, 0.3) is 10.2 Å². The van der Waals surface area contributed by atoms with Crippen LogP contribution in [0.3, 0.4) is 0 Å². The maximum atomic E-state index is 13.0. The summed E-state index contributed by atoms with van der Waals surface area (Å²) in [5, 5.41) is 3.96. The number of aryl methyl sites for hydroxylation is 1. The lowest BCUT2D eigenvalue weighted by Gasteiger charge is -2.06. The summed E-state index contributed by atoms with van der Waals surface area (Å²) in [4.78, 5) is 31.2. The van der Waals surface area contributed by atoms with Crippen LogP contribution in [0.15, 0.2) is 54.6 Å². The molecule has 0 unspecified atom stereocenters. The van der Waals surface area contributed by atoms with Crippen molar-refractivity contribution in [2.24, 2.45) is 0 Å². The Morgan fingerprint density at radius 1 is 1.10 bits per heavy atom. The highest BCUT2D eigenvalue weighted by molar-refractivity contribution is 7.21. The predicted molar refractivity (Wildman–Crippen MR) is 125 cm³/mol. The van der Waals surface area contributed by atoms with E-state index in [1.54, 1.807) is 68.6 Å². The van der Waals surface area contributed by atoms with E-state index >= 15 is 0 Å². The van der Waals surface area contributed by atoms with Gasteiger partial charge in [-0.1, -0.05) is 11.6 Å². The highest BCUT2D eigenvalue weighted by Gasteiger charge is 2.21. The molecule has 156 valence electrons. The van der Waals surface area contributed by atoms with Crippen molar-refractivity contribution in [3.05, 3.63) is 81.3 Å². The molecule has 0 radical (unpaired) electrons. The number of pyridine rings is 1. The molecule has 0 saturated carbocycles. The van der Waals surface area contributed by atoms with E-state index in [1.165, 1.54) is 11.3 Å². The van der Waals surface area contributed by atoms with Gasteiger partial charge < -0.3 is 15.8 Å². The van der Waals surface area contributed by atoms with Gasteiger partial charge in [-0.2, -0.15) is 0 Å². The van der Waals surface area contributed by atoms with Gasteiger partial charge in [-0.3, -0.25) is 9.59 Å². The van der Waals surface area contributed by atoms with Gasteiger partial charge in [-0.25, -0.2) is 4.98 Å². The van der Waals surface area contributed by atoms with Crippen LogP contribution in [0.2, 0.25) is 5.02 Å².